The fourth-order valence-electron chi connectivity index (χ4n) is 3.92. The molecule has 0 amide bonds. The van der Waals surface area contributed by atoms with Crippen molar-refractivity contribution in [1.82, 2.24) is 0 Å². The number of ether oxygens (including phenoxy) is 1. The van der Waals surface area contributed by atoms with E-state index in [2.05, 4.69) is 74.6 Å². The first kappa shape index (κ1) is 34.2. The summed E-state index contributed by atoms with van der Waals surface area (Å²) in [6, 6.07) is 0. The Kier molecular flexibility index (Phi) is 29.6. The molecule has 0 atom stereocenters. The molecule has 0 aromatic carbocycles. The van der Waals surface area contributed by atoms with E-state index in [1.807, 2.05) is 0 Å². The topological polar surface area (TPSA) is 26.3 Å². The third kappa shape index (κ3) is 30.2. The minimum atomic E-state index is -0.0131. The van der Waals surface area contributed by atoms with Crippen LogP contribution in [0.15, 0.2) is 60.8 Å². The fraction of sp³-hybridized carbons (Fsp3) is 0.676. The number of allylic oxidation sites excluding steroid dienone is 10. The summed E-state index contributed by atoms with van der Waals surface area (Å²) < 4.78 is 5.38. The normalized spacial score (nSPS) is 12.4. The van der Waals surface area contributed by atoms with Gasteiger partial charge >= 0.3 is 5.97 Å². The molecule has 206 valence electrons. The van der Waals surface area contributed by atoms with E-state index in [9.17, 15) is 4.79 Å². The lowest BCUT2D eigenvalue weighted by molar-refractivity contribution is -0.143. The first-order valence-corrected chi connectivity index (χ1v) is 15.2. The van der Waals surface area contributed by atoms with Crippen LogP contribution < -0.4 is 0 Å². The molecule has 0 heterocycles. The van der Waals surface area contributed by atoms with E-state index in [1.165, 1.54) is 57.8 Å². The van der Waals surface area contributed by atoms with Gasteiger partial charge in [-0.15, -0.1) is 0 Å². The van der Waals surface area contributed by atoms with Gasteiger partial charge in [-0.3, -0.25) is 4.79 Å². The largest absolute Gasteiger partial charge is 0.466 e. The lowest BCUT2D eigenvalue weighted by atomic mass is 10.1. The molecule has 0 unspecified atom stereocenters. The molecule has 0 saturated heterocycles. The number of unbranched alkanes of at least 4 members (excludes halogenated alkanes) is 12. The molecular formula is C34H58O2. The zero-order valence-electron chi connectivity index (χ0n) is 23.9. The van der Waals surface area contributed by atoms with Gasteiger partial charge in [0.2, 0.25) is 0 Å². The van der Waals surface area contributed by atoms with E-state index in [0.29, 0.717) is 13.0 Å². The predicted molar refractivity (Wildman–Crippen MR) is 160 cm³/mol. The van der Waals surface area contributed by atoms with E-state index < -0.39 is 0 Å². The van der Waals surface area contributed by atoms with Gasteiger partial charge in [0.1, 0.15) is 0 Å². The van der Waals surface area contributed by atoms with Gasteiger partial charge in [0, 0.05) is 6.42 Å². The van der Waals surface area contributed by atoms with Gasteiger partial charge in [-0.1, -0.05) is 139 Å². The maximum atomic E-state index is 11.8. The molecule has 0 N–H and O–H groups in total. The van der Waals surface area contributed by atoms with Gasteiger partial charge in [0.05, 0.1) is 6.61 Å². The highest BCUT2D eigenvalue weighted by atomic mass is 16.5. The van der Waals surface area contributed by atoms with E-state index in [-0.39, 0.29) is 5.97 Å². The second-order valence-corrected chi connectivity index (χ2v) is 9.71. The first-order valence-electron chi connectivity index (χ1n) is 15.2. The number of carbonyl (C=O) groups excluding carboxylic acids is 1. The molecule has 0 radical (unpaired) electrons. The molecule has 0 aromatic heterocycles. The molecule has 2 heteroatoms. The van der Waals surface area contributed by atoms with Crippen molar-refractivity contribution in [2.24, 2.45) is 0 Å². The minimum absolute atomic E-state index is 0.0131. The average Bonchev–Trinajstić information content (AvgIpc) is 2.88. The van der Waals surface area contributed by atoms with E-state index in [0.717, 1.165) is 64.2 Å². The molecule has 0 fully saturated rings. The SMILES string of the molecule is CC/C=C\C/C=C\C/C=C\C/C=C\C/C=C\CCCCCC(=O)OCCCCCCCCCCCC. The van der Waals surface area contributed by atoms with Crippen LogP contribution in [0.1, 0.15) is 142 Å². The van der Waals surface area contributed by atoms with Crippen LogP contribution in [0.5, 0.6) is 0 Å². The standard InChI is InChI=1S/C34H58O2/c1-3-5-7-9-11-13-15-16-17-18-19-20-21-22-23-24-26-28-30-32-34(35)36-33-31-29-27-25-14-12-10-8-6-4-2/h5,7,11,13,16-17,19-20,22-23H,3-4,6,8-10,12,14-15,18,21,24-33H2,1-2H3/b7-5-,13-11-,17-16-,20-19-,23-22-. The third-order valence-corrected chi connectivity index (χ3v) is 6.17. The Morgan fingerprint density at radius 2 is 0.944 bits per heavy atom. The molecule has 0 saturated carbocycles. The van der Waals surface area contributed by atoms with Crippen LogP contribution in [-0.4, -0.2) is 12.6 Å². The quantitative estimate of drug-likeness (QED) is 0.0673. The summed E-state index contributed by atoms with van der Waals surface area (Å²) in [4.78, 5) is 11.8. The van der Waals surface area contributed by atoms with E-state index >= 15 is 0 Å². The molecule has 0 aliphatic heterocycles. The molecule has 0 aliphatic rings. The number of hydrogen-bond acceptors (Lipinski definition) is 2. The summed E-state index contributed by atoms with van der Waals surface area (Å²) >= 11 is 0. The highest BCUT2D eigenvalue weighted by Gasteiger charge is 2.02. The van der Waals surface area contributed by atoms with Crippen molar-refractivity contribution in [2.45, 2.75) is 142 Å². The zero-order chi connectivity index (χ0) is 26.2. The Labute approximate surface area is 225 Å². The lowest BCUT2D eigenvalue weighted by Gasteiger charge is -2.05. The summed E-state index contributed by atoms with van der Waals surface area (Å²) in [7, 11) is 0. The van der Waals surface area contributed by atoms with Crippen LogP contribution in [-0.2, 0) is 9.53 Å². The molecule has 0 aliphatic carbocycles. The van der Waals surface area contributed by atoms with Crippen LogP contribution in [0.3, 0.4) is 0 Å². The Morgan fingerprint density at radius 1 is 0.500 bits per heavy atom. The number of esters is 1. The van der Waals surface area contributed by atoms with Crippen molar-refractivity contribution in [2.75, 3.05) is 6.61 Å². The summed E-state index contributed by atoms with van der Waals surface area (Å²) in [6.45, 7) is 5.03. The van der Waals surface area contributed by atoms with Gasteiger partial charge in [0.15, 0.2) is 0 Å². The molecule has 2 nitrogen and oxygen atoms in total. The molecular weight excluding hydrogens is 440 g/mol. The predicted octanol–water partition coefficient (Wildman–Crippen LogP) is 11.2. The van der Waals surface area contributed by atoms with Crippen LogP contribution in [0, 0.1) is 0 Å². The maximum absolute atomic E-state index is 11.8. The van der Waals surface area contributed by atoms with Crippen molar-refractivity contribution in [1.29, 1.82) is 0 Å². The second kappa shape index (κ2) is 31.2. The second-order valence-electron chi connectivity index (χ2n) is 9.71. The smallest absolute Gasteiger partial charge is 0.305 e. The van der Waals surface area contributed by atoms with Crippen molar-refractivity contribution in [3.05, 3.63) is 60.8 Å². The lowest BCUT2D eigenvalue weighted by Crippen LogP contribution is -2.05. The maximum Gasteiger partial charge on any atom is 0.305 e. The molecule has 0 bridgehead atoms. The van der Waals surface area contributed by atoms with Crippen LogP contribution >= 0.6 is 0 Å². The van der Waals surface area contributed by atoms with Crippen molar-refractivity contribution < 1.29 is 9.53 Å². The van der Waals surface area contributed by atoms with Gasteiger partial charge in [-0.05, 0) is 57.8 Å². The summed E-state index contributed by atoms with van der Waals surface area (Å²) in [6.07, 6.45) is 45.4. The Morgan fingerprint density at radius 3 is 1.47 bits per heavy atom. The van der Waals surface area contributed by atoms with Crippen LogP contribution in [0.25, 0.3) is 0 Å². The highest BCUT2D eigenvalue weighted by Crippen LogP contribution is 2.11. The molecule has 36 heavy (non-hydrogen) atoms. The van der Waals surface area contributed by atoms with Gasteiger partial charge in [-0.25, -0.2) is 0 Å². The first-order chi connectivity index (χ1) is 17.8. The molecule has 0 spiro atoms. The summed E-state index contributed by atoms with van der Waals surface area (Å²) in [5.74, 6) is -0.0131. The third-order valence-electron chi connectivity index (χ3n) is 6.17. The minimum Gasteiger partial charge on any atom is -0.466 e. The number of rotatable bonds is 26. The van der Waals surface area contributed by atoms with Crippen LogP contribution in [0.4, 0.5) is 0 Å². The van der Waals surface area contributed by atoms with Crippen molar-refractivity contribution in [3.8, 4) is 0 Å². The Balaban J connectivity index is 3.38. The Hall–Kier alpha value is -1.83. The monoisotopic (exact) mass is 498 g/mol. The van der Waals surface area contributed by atoms with Crippen molar-refractivity contribution >= 4 is 5.97 Å². The van der Waals surface area contributed by atoms with Gasteiger partial charge in [-0.2, -0.15) is 0 Å². The number of hydrogen-bond donors (Lipinski definition) is 0. The van der Waals surface area contributed by atoms with Crippen LogP contribution in [0.2, 0.25) is 0 Å². The summed E-state index contributed by atoms with van der Waals surface area (Å²) in [5, 5.41) is 0. The molecule has 0 rings (SSSR count). The Bertz CT molecular complexity index is 594. The highest BCUT2D eigenvalue weighted by molar-refractivity contribution is 5.69. The average molecular weight is 499 g/mol. The number of carbonyl (C=O) groups is 1. The van der Waals surface area contributed by atoms with E-state index in [4.69, 9.17) is 4.74 Å². The van der Waals surface area contributed by atoms with Gasteiger partial charge < -0.3 is 4.74 Å². The molecule has 0 aromatic rings. The summed E-state index contributed by atoms with van der Waals surface area (Å²) in [5.41, 5.74) is 0. The zero-order valence-corrected chi connectivity index (χ0v) is 23.9. The van der Waals surface area contributed by atoms with E-state index in [1.54, 1.807) is 0 Å². The van der Waals surface area contributed by atoms with Crippen molar-refractivity contribution in [3.63, 3.8) is 0 Å². The van der Waals surface area contributed by atoms with Gasteiger partial charge in [0.25, 0.3) is 0 Å². The fourth-order valence-corrected chi connectivity index (χ4v) is 3.92.